The van der Waals surface area contributed by atoms with Gasteiger partial charge >= 0.3 is 0 Å². The molecule has 0 radical (unpaired) electrons. The minimum Gasteiger partial charge on any atom is -0.487 e. The van der Waals surface area contributed by atoms with Gasteiger partial charge in [0.2, 0.25) is 0 Å². The van der Waals surface area contributed by atoms with Crippen molar-refractivity contribution in [3.63, 3.8) is 0 Å². The van der Waals surface area contributed by atoms with Crippen LogP contribution in [0.2, 0.25) is 10.0 Å². The van der Waals surface area contributed by atoms with Gasteiger partial charge in [0.05, 0.1) is 5.02 Å². The van der Waals surface area contributed by atoms with Gasteiger partial charge in [-0.1, -0.05) is 77.8 Å². The molecule has 0 amide bonds. The van der Waals surface area contributed by atoms with Crippen LogP contribution in [0.25, 0.3) is 22.3 Å². The monoisotopic (exact) mass is 406 g/mol. The summed E-state index contributed by atoms with van der Waals surface area (Å²) in [6.07, 6.45) is 0. The van der Waals surface area contributed by atoms with Gasteiger partial charge in [-0.25, -0.2) is 0 Å². The van der Waals surface area contributed by atoms with E-state index in [0.29, 0.717) is 23.5 Å². The van der Waals surface area contributed by atoms with Gasteiger partial charge in [-0.15, -0.1) is 0 Å². The highest BCUT2D eigenvalue weighted by molar-refractivity contribution is 7.86. The molecule has 0 fully saturated rings. The Balaban J connectivity index is 2.24. The van der Waals surface area contributed by atoms with Crippen molar-refractivity contribution in [2.75, 3.05) is 0 Å². The molecule has 1 heterocycles. The zero-order chi connectivity index (χ0) is 18.5. The van der Waals surface area contributed by atoms with E-state index in [1.54, 1.807) is 24.3 Å². The molecule has 0 aromatic heterocycles. The standard InChI is InChI=1S/C19H12Cl2O4S/c20-16-17(21)19(26(22,23)24)14(11-6-2-1-3-7-11)15-13-9-5-4-8-12(13)10-25-18(15)16/h1-9H,10H2,(H,22,23,24). The zero-order valence-corrected chi connectivity index (χ0v) is 15.6. The van der Waals surface area contributed by atoms with Crippen LogP contribution in [0.3, 0.4) is 0 Å². The first-order valence-corrected chi connectivity index (χ1v) is 9.88. The Kier molecular flexibility index (Phi) is 4.20. The van der Waals surface area contributed by atoms with Crippen LogP contribution < -0.4 is 4.74 Å². The zero-order valence-electron chi connectivity index (χ0n) is 13.2. The average Bonchev–Trinajstić information content (AvgIpc) is 2.63. The summed E-state index contributed by atoms with van der Waals surface area (Å²) >= 11 is 12.6. The summed E-state index contributed by atoms with van der Waals surface area (Å²) in [6.45, 7) is 0.290. The van der Waals surface area contributed by atoms with Crippen LogP contribution in [0.1, 0.15) is 5.56 Å². The van der Waals surface area contributed by atoms with E-state index >= 15 is 0 Å². The minimum atomic E-state index is -4.64. The van der Waals surface area contributed by atoms with Crippen LogP contribution in [0.5, 0.6) is 5.75 Å². The summed E-state index contributed by atoms with van der Waals surface area (Å²) in [4.78, 5) is -0.422. The number of rotatable bonds is 2. The molecule has 3 aromatic carbocycles. The van der Waals surface area contributed by atoms with Gasteiger partial charge < -0.3 is 4.74 Å². The van der Waals surface area contributed by atoms with Crippen molar-refractivity contribution in [1.29, 1.82) is 0 Å². The maximum atomic E-state index is 12.2. The third kappa shape index (κ3) is 2.68. The lowest BCUT2D eigenvalue weighted by atomic mass is 9.89. The van der Waals surface area contributed by atoms with Crippen molar-refractivity contribution in [1.82, 2.24) is 0 Å². The highest BCUT2D eigenvalue weighted by atomic mass is 35.5. The number of ether oxygens (including phenoxy) is 1. The average molecular weight is 407 g/mol. The SMILES string of the molecule is O=S(=O)(O)c1c(Cl)c(Cl)c2c(c1-c1ccccc1)-c1ccccc1CO2. The first kappa shape index (κ1) is 17.4. The maximum Gasteiger partial charge on any atom is 0.296 e. The molecular weight excluding hydrogens is 395 g/mol. The molecule has 0 saturated carbocycles. The van der Waals surface area contributed by atoms with Gasteiger partial charge in [0, 0.05) is 11.1 Å². The third-order valence-electron chi connectivity index (χ3n) is 4.27. The smallest absolute Gasteiger partial charge is 0.296 e. The molecule has 1 N–H and O–H groups in total. The first-order chi connectivity index (χ1) is 12.4. The highest BCUT2D eigenvalue weighted by Crippen LogP contribution is 2.53. The van der Waals surface area contributed by atoms with E-state index in [9.17, 15) is 13.0 Å². The highest BCUT2D eigenvalue weighted by Gasteiger charge is 2.33. The molecule has 132 valence electrons. The Morgan fingerprint density at radius 3 is 2.23 bits per heavy atom. The molecule has 4 rings (SSSR count). The van der Waals surface area contributed by atoms with E-state index in [1.165, 1.54) is 0 Å². The Hall–Kier alpha value is -2.05. The molecular formula is C19H12Cl2O4S. The molecule has 4 nitrogen and oxygen atoms in total. The Morgan fingerprint density at radius 1 is 0.885 bits per heavy atom. The van der Waals surface area contributed by atoms with Crippen LogP contribution in [-0.4, -0.2) is 13.0 Å². The van der Waals surface area contributed by atoms with Crippen LogP contribution in [0.15, 0.2) is 59.5 Å². The fourth-order valence-electron chi connectivity index (χ4n) is 3.20. The first-order valence-electron chi connectivity index (χ1n) is 7.68. The van der Waals surface area contributed by atoms with Crippen molar-refractivity contribution in [2.45, 2.75) is 11.5 Å². The lowest BCUT2D eigenvalue weighted by Crippen LogP contribution is -2.11. The Labute approximate surface area is 160 Å². The normalized spacial score (nSPS) is 12.9. The number of halogens is 2. The van der Waals surface area contributed by atoms with Crippen molar-refractivity contribution in [3.05, 3.63) is 70.2 Å². The van der Waals surface area contributed by atoms with Gasteiger partial charge in [-0.3, -0.25) is 4.55 Å². The predicted molar refractivity (Wildman–Crippen MR) is 101 cm³/mol. The van der Waals surface area contributed by atoms with Crippen molar-refractivity contribution >= 4 is 33.3 Å². The number of fused-ring (bicyclic) bond motifs is 3. The van der Waals surface area contributed by atoms with Gasteiger partial charge in [0.15, 0.2) is 0 Å². The van der Waals surface area contributed by atoms with Crippen LogP contribution in [0, 0.1) is 0 Å². The molecule has 26 heavy (non-hydrogen) atoms. The summed E-state index contributed by atoms with van der Waals surface area (Å²) in [5.41, 5.74) is 3.02. The topological polar surface area (TPSA) is 63.6 Å². The van der Waals surface area contributed by atoms with Gasteiger partial charge in [-0.05, 0) is 16.7 Å². The number of hydrogen-bond acceptors (Lipinski definition) is 3. The minimum absolute atomic E-state index is 0.0384. The van der Waals surface area contributed by atoms with Crippen molar-refractivity contribution in [3.8, 4) is 28.0 Å². The molecule has 0 bridgehead atoms. The van der Waals surface area contributed by atoms with Crippen LogP contribution >= 0.6 is 23.2 Å². The molecule has 1 aliphatic heterocycles. The third-order valence-corrected chi connectivity index (χ3v) is 6.15. The van der Waals surface area contributed by atoms with Crippen LogP contribution in [-0.2, 0) is 16.7 Å². The quantitative estimate of drug-likeness (QED) is 0.573. The molecule has 0 atom stereocenters. The van der Waals surface area contributed by atoms with E-state index in [2.05, 4.69) is 0 Å². The van der Waals surface area contributed by atoms with E-state index in [0.717, 1.165) is 11.1 Å². The van der Waals surface area contributed by atoms with E-state index < -0.39 is 15.0 Å². The molecule has 0 saturated heterocycles. The summed E-state index contributed by atoms with van der Waals surface area (Å²) in [7, 11) is -4.64. The van der Waals surface area contributed by atoms with E-state index in [1.807, 2.05) is 30.3 Å². The summed E-state index contributed by atoms with van der Waals surface area (Å²) in [5.74, 6) is 0.307. The largest absolute Gasteiger partial charge is 0.487 e. The van der Waals surface area contributed by atoms with Gasteiger partial charge in [0.1, 0.15) is 22.3 Å². The molecule has 1 aliphatic rings. The number of benzene rings is 3. The van der Waals surface area contributed by atoms with Crippen LogP contribution in [0.4, 0.5) is 0 Å². The van der Waals surface area contributed by atoms with Crippen molar-refractivity contribution < 1.29 is 17.7 Å². The number of hydrogen-bond donors (Lipinski definition) is 1. The maximum absolute atomic E-state index is 12.2. The lowest BCUT2D eigenvalue weighted by Gasteiger charge is -2.26. The fourth-order valence-corrected chi connectivity index (χ4v) is 4.78. The second kappa shape index (κ2) is 6.28. The molecule has 0 unspecified atom stereocenters. The Morgan fingerprint density at radius 2 is 1.54 bits per heavy atom. The molecule has 0 aliphatic carbocycles. The van der Waals surface area contributed by atoms with E-state index in [-0.39, 0.29) is 15.6 Å². The Bertz CT molecular complexity index is 1130. The van der Waals surface area contributed by atoms with Gasteiger partial charge in [0.25, 0.3) is 10.1 Å². The predicted octanol–water partition coefficient (Wildman–Crippen LogP) is 5.47. The van der Waals surface area contributed by atoms with Gasteiger partial charge in [-0.2, -0.15) is 8.42 Å². The summed E-state index contributed by atoms with van der Waals surface area (Å²) < 4.78 is 40.0. The van der Waals surface area contributed by atoms with E-state index in [4.69, 9.17) is 27.9 Å². The fraction of sp³-hybridized carbons (Fsp3) is 0.0526. The second-order valence-electron chi connectivity index (χ2n) is 5.82. The second-order valence-corrected chi connectivity index (χ2v) is 7.94. The van der Waals surface area contributed by atoms with Crippen molar-refractivity contribution in [2.24, 2.45) is 0 Å². The molecule has 3 aromatic rings. The molecule has 7 heteroatoms. The lowest BCUT2D eigenvalue weighted by molar-refractivity contribution is 0.302. The summed E-state index contributed by atoms with van der Waals surface area (Å²) in [5, 5.41) is -0.297. The molecule has 0 spiro atoms. The summed E-state index contributed by atoms with van der Waals surface area (Å²) in [6, 6.07) is 16.3.